The number of sulfone groups is 1. The molecular weight excluding hydrogens is 484 g/mol. The Morgan fingerprint density at radius 2 is 1.72 bits per heavy atom. The molecule has 0 aliphatic carbocycles. The van der Waals surface area contributed by atoms with E-state index in [0.717, 1.165) is 10.7 Å². The largest absolute Gasteiger partial charge is 0.395 e. The van der Waals surface area contributed by atoms with E-state index in [1.807, 2.05) is 0 Å². The molecule has 3 N–H and O–H groups in total. The minimum atomic E-state index is -4.63. The fourth-order valence-corrected chi connectivity index (χ4v) is 4.67. The molecule has 0 spiro atoms. The summed E-state index contributed by atoms with van der Waals surface area (Å²) in [4.78, 5) is 12.2. The second-order valence-corrected chi connectivity index (χ2v) is 10.5. The molecule has 170 valence electrons. The molecule has 3 aromatic rings. The smallest absolute Gasteiger partial charge is 0.299 e. The van der Waals surface area contributed by atoms with Crippen molar-refractivity contribution >= 4 is 42.9 Å². The number of rotatable bonds is 7. The summed E-state index contributed by atoms with van der Waals surface area (Å²) < 4.78 is 57.6. The summed E-state index contributed by atoms with van der Waals surface area (Å²) in [6.45, 7) is 1.03. The van der Waals surface area contributed by atoms with Crippen LogP contribution >= 0.6 is 11.6 Å². The van der Waals surface area contributed by atoms with Gasteiger partial charge in [0.2, 0.25) is 0 Å². The number of nitrogens with zero attached hydrogens (tertiary/aromatic N) is 3. The standard InChI is InChI=1S/C18H17ClN4O7S2/c1-11-17(21-20-15-7-2-12(19)10-16(15)32(28,29)30)18(25)23(22-11)13-3-5-14(6-4-13)31(26,27)9-8-24/h2-7,10,22,24H,8-9H2,1H3,(H,28,29,30). The van der Waals surface area contributed by atoms with Gasteiger partial charge in [0, 0.05) is 5.02 Å². The summed E-state index contributed by atoms with van der Waals surface area (Å²) >= 11 is 5.76. The molecule has 32 heavy (non-hydrogen) atoms. The lowest BCUT2D eigenvalue weighted by molar-refractivity contribution is 0.319. The second kappa shape index (κ2) is 8.96. The van der Waals surface area contributed by atoms with Gasteiger partial charge in [-0.25, -0.2) is 13.1 Å². The number of azo groups is 1. The minimum absolute atomic E-state index is 0.00739. The second-order valence-electron chi connectivity index (χ2n) is 6.55. The molecule has 0 saturated heterocycles. The number of hydrogen-bond acceptors (Lipinski definition) is 8. The molecule has 0 aliphatic heterocycles. The number of aryl methyl sites for hydroxylation is 1. The highest BCUT2D eigenvalue weighted by atomic mass is 35.5. The van der Waals surface area contributed by atoms with E-state index >= 15 is 0 Å². The van der Waals surface area contributed by atoms with Gasteiger partial charge in [-0.3, -0.25) is 14.4 Å². The Morgan fingerprint density at radius 1 is 1.06 bits per heavy atom. The van der Waals surface area contributed by atoms with Gasteiger partial charge in [-0.15, -0.1) is 10.2 Å². The first kappa shape index (κ1) is 23.8. The van der Waals surface area contributed by atoms with Gasteiger partial charge >= 0.3 is 0 Å². The predicted octanol–water partition coefficient (Wildman–Crippen LogP) is 2.56. The molecule has 2 aromatic carbocycles. The number of aliphatic hydroxyl groups excluding tert-OH is 1. The molecule has 1 heterocycles. The lowest BCUT2D eigenvalue weighted by atomic mass is 10.3. The Balaban J connectivity index is 1.99. The maximum Gasteiger partial charge on any atom is 0.299 e. The molecule has 3 rings (SSSR count). The maximum atomic E-state index is 12.8. The van der Waals surface area contributed by atoms with Gasteiger partial charge in [-0.05, 0) is 49.4 Å². The van der Waals surface area contributed by atoms with Crippen LogP contribution in [0.5, 0.6) is 0 Å². The number of aromatic nitrogens is 2. The number of halogens is 1. The van der Waals surface area contributed by atoms with Crippen molar-refractivity contribution in [2.24, 2.45) is 10.2 Å². The van der Waals surface area contributed by atoms with Crippen molar-refractivity contribution in [3.05, 3.63) is 63.5 Å². The Bertz CT molecular complexity index is 1460. The molecule has 0 fully saturated rings. The zero-order chi connectivity index (χ0) is 23.7. The van der Waals surface area contributed by atoms with Crippen LogP contribution in [0.15, 0.2) is 67.3 Å². The van der Waals surface area contributed by atoms with Crippen molar-refractivity contribution in [3.8, 4) is 5.69 Å². The number of benzene rings is 2. The summed E-state index contributed by atoms with van der Waals surface area (Å²) in [5, 5.41) is 19.3. The van der Waals surface area contributed by atoms with Crippen molar-refractivity contribution in [1.29, 1.82) is 0 Å². The zero-order valence-corrected chi connectivity index (χ0v) is 18.8. The third-order valence-corrected chi connectivity index (χ3v) is 7.14. The van der Waals surface area contributed by atoms with Crippen LogP contribution < -0.4 is 5.56 Å². The quantitative estimate of drug-likeness (QED) is 0.330. The summed E-state index contributed by atoms with van der Waals surface area (Å²) in [5.74, 6) is -0.422. The van der Waals surface area contributed by atoms with Crippen molar-refractivity contribution in [3.63, 3.8) is 0 Å². The van der Waals surface area contributed by atoms with Crippen LogP contribution in [0.2, 0.25) is 5.02 Å². The van der Waals surface area contributed by atoms with Gasteiger partial charge < -0.3 is 5.11 Å². The number of nitrogens with one attached hydrogen (secondary N) is 1. The van der Waals surface area contributed by atoms with E-state index in [9.17, 15) is 26.2 Å². The number of aliphatic hydroxyl groups is 1. The highest BCUT2D eigenvalue weighted by Crippen LogP contribution is 2.29. The number of aromatic amines is 1. The average molecular weight is 501 g/mol. The van der Waals surface area contributed by atoms with Gasteiger partial charge in [-0.1, -0.05) is 11.6 Å². The van der Waals surface area contributed by atoms with Crippen molar-refractivity contribution < 1.29 is 26.5 Å². The Kier molecular flexibility index (Phi) is 6.67. The Hall–Kier alpha value is -2.84. The summed E-state index contributed by atoms with van der Waals surface area (Å²) in [6.07, 6.45) is 0. The summed E-state index contributed by atoms with van der Waals surface area (Å²) in [7, 11) is -8.27. The molecule has 0 radical (unpaired) electrons. The molecule has 0 aliphatic rings. The highest BCUT2D eigenvalue weighted by Gasteiger charge is 2.18. The first-order valence-electron chi connectivity index (χ1n) is 8.88. The number of hydrogen-bond donors (Lipinski definition) is 3. The van der Waals surface area contributed by atoms with E-state index < -0.39 is 42.8 Å². The van der Waals surface area contributed by atoms with Crippen LogP contribution in [0.1, 0.15) is 5.69 Å². The van der Waals surface area contributed by atoms with E-state index in [4.69, 9.17) is 16.7 Å². The van der Waals surface area contributed by atoms with Gasteiger partial charge in [-0.2, -0.15) is 8.42 Å². The molecule has 0 bridgehead atoms. The van der Waals surface area contributed by atoms with Crippen LogP contribution in [-0.2, 0) is 20.0 Å². The van der Waals surface area contributed by atoms with Crippen LogP contribution in [0.3, 0.4) is 0 Å². The molecule has 0 saturated carbocycles. The topological polar surface area (TPSA) is 171 Å². The van der Waals surface area contributed by atoms with Crippen molar-refractivity contribution in [1.82, 2.24) is 9.78 Å². The lowest BCUT2D eigenvalue weighted by Gasteiger charge is -2.05. The zero-order valence-electron chi connectivity index (χ0n) is 16.4. The van der Waals surface area contributed by atoms with Crippen LogP contribution in [0.25, 0.3) is 5.69 Å². The SMILES string of the molecule is Cc1[nH]n(-c2ccc(S(=O)(=O)CCO)cc2)c(=O)c1N=Nc1ccc(Cl)cc1S(=O)(=O)O. The van der Waals surface area contributed by atoms with Crippen molar-refractivity contribution in [2.75, 3.05) is 12.4 Å². The van der Waals surface area contributed by atoms with E-state index in [0.29, 0.717) is 11.4 Å². The first-order chi connectivity index (χ1) is 14.9. The Morgan fingerprint density at radius 3 is 2.31 bits per heavy atom. The molecule has 1 aromatic heterocycles. The first-order valence-corrected chi connectivity index (χ1v) is 12.4. The molecule has 0 unspecified atom stereocenters. The molecule has 0 atom stereocenters. The number of H-pyrrole nitrogens is 1. The third-order valence-electron chi connectivity index (χ3n) is 4.31. The average Bonchev–Trinajstić information content (AvgIpc) is 3.00. The lowest BCUT2D eigenvalue weighted by Crippen LogP contribution is -2.15. The highest BCUT2D eigenvalue weighted by molar-refractivity contribution is 7.91. The van der Waals surface area contributed by atoms with E-state index in [1.165, 1.54) is 43.3 Å². The molecule has 11 nitrogen and oxygen atoms in total. The van der Waals surface area contributed by atoms with Gasteiger partial charge in [0.15, 0.2) is 15.5 Å². The van der Waals surface area contributed by atoms with Crippen molar-refractivity contribution in [2.45, 2.75) is 16.7 Å². The van der Waals surface area contributed by atoms with E-state index in [1.54, 1.807) is 0 Å². The van der Waals surface area contributed by atoms with E-state index in [2.05, 4.69) is 15.3 Å². The van der Waals surface area contributed by atoms with Gasteiger partial charge in [0.25, 0.3) is 15.7 Å². The fourth-order valence-electron chi connectivity index (χ4n) is 2.76. The van der Waals surface area contributed by atoms with Crippen LogP contribution in [0.4, 0.5) is 11.4 Å². The predicted molar refractivity (Wildman–Crippen MR) is 116 cm³/mol. The normalized spacial score (nSPS) is 12.5. The van der Waals surface area contributed by atoms with Crippen LogP contribution in [-0.4, -0.2) is 48.6 Å². The summed E-state index contributed by atoms with van der Waals surface area (Å²) in [6, 6.07) is 8.98. The molecule has 14 heteroatoms. The monoisotopic (exact) mass is 500 g/mol. The molecular formula is C18H17ClN4O7S2. The van der Waals surface area contributed by atoms with Crippen LogP contribution in [0, 0.1) is 6.92 Å². The maximum absolute atomic E-state index is 12.8. The fraction of sp³-hybridized carbons (Fsp3) is 0.167. The minimum Gasteiger partial charge on any atom is -0.395 e. The molecule has 0 amide bonds. The Labute approximate surface area is 187 Å². The van der Waals surface area contributed by atoms with Gasteiger partial charge in [0.1, 0.15) is 10.6 Å². The van der Waals surface area contributed by atoms with E-state index in [-0.39, 0.29) is 21.3 Å². The van der Waals surface area contributed by atoms with Gasteiger partial charge in [0.05, 0.1) is 28.6 Å². The third kappa shape index (κ3) is 4.97. The summed E-state index contributed by atoms with van der Waals surface area (Å²) in [5.41, 5.74) is -0.356.